The van der Waals surface area contributed by atoms with Crippen molar-refractivity contribution in [3.63, 3.8) is 0 Å². The summed E-state index contributed by atoms with van der Waals surface area (Å²) in [4.78, 5) is 0. The van der Waals surface area contributed by atoms with Crippen molar-refractivity contribution in [1.82, 2.24) is 4.49 Å². The zero-order chi connectivity index (χ0) is 12.3. The Morgan fingerprint density at radius 2 is 1.60 bits per heavy atom. The molecule has 0 atom stereocenters. The Labute approximate surface area is 110 Å². The Balaban J connectivity index is 4.45. The van der Waals surface area contributed by atoms with E-state index in [0.717, 1.165) is 0 Å². The third kappa shape index (κ3) is 4.91. The Hall–Kier alpha value is 1.19. The van der Waals surface area contributed by atoms with Crippen LogP contribution in [-0.4, -0.2) is 22.4 Å². The van der Waals surface area contributed by atoms with Crippen molar-refractivity contribution in [2.24, 2.45) is 0 Å². The molecule has 0 amide bonds. The molecule has 0 aliphatic rings. The second-order valence-corrected chi connectivity index (χ2v) is 10.4. The maximum atomic E-state index is 11.7. The molecule has 1 N–H and O–H groups in total. The Bertz CT molecular complexity index is 247. The van der Waals surface area contributed by atoms with E-state index in [-0.39, 0.29) is 8.17 Å². The van der Waals surface area contributed by atoms with E-state index in [1.807, 2.05) is 0 Å². The van der Waals surface area contributed by atoms with Crippen LogP contribution in [0.25, 0.3) is 0 Å². The zero-order valence-corrected chi connectivity index (χ0v) is 13.8. The number of halogens is 1. The second-order valence-electron chi connectivity index (χ2n) is 4.04. The molecule has 0 saturated heterocycles. The van der Waals surface area contributed by atoms with Crippen molar-refractivity contribution in [1.29, 1.82) is 0 Å². The van der Waals surface area contributed by atoms with Gasteiger partial charge in [0.2, 0.25) is 0 Å². The molecule has 15 heavy (non-hydrogen) atoms. The summed E-state index contributed by atoms with van der Waals surface area (Å²) in [6.07, 6.45) is 0. The summed E-state index contributed by atoms with van der Waals surface area (Å²) >= 11 is 3.73. The fourth-order valence-corrected chi connectivity index (χ4v) is 3.12. The molecule has 0 bridgehead atoms. The van der Waals surface area contributed by atoms with Crippen LogP contribution in [0.1, 0.15) is 27.7 Å². The Morgan fingerprint density at radius 3 is 1.87 bits per heavy atom. The van der Waals surface area contributed by atoms with Gasteiger partial charge in [0, 0.05) is 22.4 Å². The SMILES string of the molecule is COP(=O)(NSC(C)(C)C(C)(C)I)OC. The molecule has 0 spiro atoms. The highest BCUT2D eigenvalue weighted by Crippen LogP contribution is 2.49. The van der Waals surface area contributed by atoms with E-state index in [4.69, 9.17) is 9.05 Å². The number of rotatable bonds is 6. The molecule has 0 rings (SSSR count). The van der Waals surface area contributed by atoms with Crippen molar-refractivity contribution < 1.29 is 13.6 Å². The highest BCUT2D eigenvalue weighted by atomic mass is 127. The van der Waals surface area contributed by atoms with Gasteiger partial charge in [0.15, 0.2) is 0 Å². The lowest BCUT2D eigenvalue weighted by Crippen LogP contribution is -2.38. The zero-order valence-electron chi connectivity index (χ0n) is 9.96. The van der Waals surface area contributed by atoms with Crippen LogP contribution >= 0.6 is 42.3 Å². The molecule has 0 radical (unpaired) electrons. The van der Waals surface area contributed by atoms with Gasteiger partial charge < -0.3 is 0 Å². The summed E-state index contributed by atoms with van der Waals surface area (Å²) in [6.45, 7) is 8.39. The topological polar surface area (TPSA) is 47.6 Å². The third-order valence-corrected chi connectivity index (χ3v) is 7.28. The van der Waals surface area contributed by atoms with E-state index in [0.29, 0.717) is 0 Å². The fraction of sp³-hybridized carbons (Fsp3) is 1.00. The van der Waals surface area contributed by atoms with E-state index in [9.17, 15) is 4.57 Å². The molecule has 0 heterocycles. The fourth-order valence-electron chi connectivity index (χ4n) is 0.440. The van der Waals surface area contributed by atoms with E-state index in [1.54, 1.807) is 0 Å². The largest absolute Gasteiger partial charge is 0.414 e. The first-order valence-corrected chi connectivity index (χ1v) is 7.87. The molecule has 0 unspecified atom stereocenters. The summed E-state index contributed by atoms with van der Waals surface area (Å²) in [5.41, 5.74) is 0. The van der Waals surface area contributed by atoms with Gasteiger partial charge in [-0.2, -0.15) is 4.49 Å². The summed E-state index contributed by atoms with van der Waals surface area (Å²) in [7, 11) is -0.415. The Kier molecular flexibility index (Phi) is 6.14. The predicted octanol–water partition coefficient (Wildman–Crippen LogP) is 3.62. The van der Waals surface area contributed by atoms with Gasteiger partial charge in [0.1, 0.15) is 0 Å². The van der Waals surface area contributed by atoms with Crippen LogP contribution in [0.4, 0.5) is 0 Å². The summed E-state index contributed by atoms with van der Waals surface area (Å²) in [5, 5.41) is 0. The number of hydrogen-bond donors (Lipinski definition) is 1. The molecule has 0 aromatic heterocycles. The molecule has 0 saturated carbocycles. The van der Waals surface area contributed by atoms with E-state index in [1.165, 1.54) is 26.2 Å². The first-order chi connectivity index (χ1) is 6.58. The minimum atomic E-state index is -3.14. The van der Waals surface area contributed by atoms with E-state index in [2.05, 4.69) is 54.8 Å². The van der Waals surface area contributed by atoms with Gasteiger partial charge in [-0.3, -0.25) is 9.05 Å². The number of nitrogens with one attached hydrogen (secondary N) is 1. The van der Waals surface area contributed by atoms with Gasteiger partial charge in [-0.15, -0.1) is 0 Å². The average Bonchev–Trinajstić information content (AvgIpc) is 2.13. The van der Waals surface area contributed by atoms with Gasteiger partial charge in [-0.25, -0.2) is 4.57 Å². The van der Waals surface area contributed by atoms with Crippen LogP contribution in [0.2, 0.25) is 0 Å². The maximum Gasteiger partial charge on any atom is 0.414 e. The predicted molar refractivity (Wildman–Crippen MR) is 74.5 cm³/mol. The van der Waals surface area contributed by atoms with Crippen molar-refractivity contribution in [3.8, 4) is 0 Å². The van der Waals surface area contributed by atoms with E-state index >= 15 is 0 Å². The normalized spacial score (nSPS) is 14.3. The van der Waals surface area contributed by atoms with Crippen LogP contribution in [0.15, 0.2) is 0 Å². The lowest BCUT2D eigenvalue weighted by atomic mass is 9.99. The van der Waals surface area contributed by atoms with Crippen LogP contribution in [0, 0.1) is 0 Å². The molecule has 7 heteroatoms. The molecular weight excluding hydrogens is 348 g/mol. The molecule has 92 valence electrons. The smallest absolute Gasteiger partial charge is 0.300 e. The van der Waals surface area contributed by atoms with Crippen molar-refractivity contribution >= 4 is 42.3 Å². The third-order valence-electron chi connectivity index (χ3n) is 2.33. The van der Waals surface area contributed by atoms with Crippen molar-refractivity contribution in [3.05, 3.63) is 0 Å². The second kappa shape index (κ2) is 5.69. The van der Waals surface area contributed by atoms with Crippen molar-refractivity contribution in [2.75, 3.05) is 14.2 Å². The van der Waals surface area contributed by atoms with E-state index < -0.39 is 7.75 Å². The average molecular weight is 367 g/mol. The van der Waals surface area contributed by atoms with Gasteiger partial charge in [-0.1, -0.05) is 34.5 Å². The van der Waals surface area contributed by atoms with Gasteiger partial charge in [0.25, 0.3) is 0 Å². The first-order valence-electron chi connectivity index (χ1n) is 4.44. The lowest BCUT2D eigenvalue weighted by molar-refractivity contribution is 0.273. The molecule has 4 nitrogen and oxygen atoms in total. The summed E-state index contributed by atoms with van der Waals surface area (Å²) < 4.78 is 24.1. The van der Waals surface area contributed by atoms with Crippen LogP contribution < -0.4 is 4.49 Å². The molecule has 0 fully saturated rings. The van der Waals surface area contributed by atoms with Crippen LogP contribution in [-0.2, 0) is 13.6 Å². The highest BCUT2D eigenvalue weighted by molar-refractivity contribution is 14.1. The number of hydrogen-bond acceptors (Lipinski definition) is 4. The molecule has 0 aromatic rings. The van der Waals surface area contributed by atoms with Crippen LogP contribution in [0.5, 0.6) is 0 Å². The number of alkyl halides is 1. The first kappa shape index (κ1) is 16.2. The van der Waals surface area contributed by atoms with Crippen LogP contribution in [0.3, 0.4) is 0 Å². The lowest BCUT2D eigenvalue weighted by Gasteiger charge is -2.36. The quantitative estimate of drug-likeness (QED) is 0.336. The van der Waals surface area contributed by atoms with Gasteiger partial charge in [0.05, 0.1) is 0 Å². The van der Waals surface area contributed by atoms with Crippen molar-refractivity contribution in [2.45, 2.75) is 35.9 Å². The molecule has 0 aliphatic carbocycles. The van der Waals surface area contributed by atoms with Gasteiger partial charge in [-0.05, 0) is 27.7 Å². The van der Waals surface area contributed by atoms with Gasteiger partial charge >= 0.3 is 7.75 Å². The molecule has 0 aromatic carbocycles. The maximum absolute atomic E-state index is 11.7. The minimum absolute atomic E-state index is 0.0503. The summed E-state index contributed by atoms with van der Waals surface area (Å²) in [6, 6.07) is 0. The minimum Gasteiger partial charge on any atom is -0.300 e. The molecular formula is C8H19INO3PS. The summed E-state index contributed by atoms with van der Waals surface area (Å²) in [5.74, 6) is 0. The highest BCUT2D eigenvalue weighted by Gasteiger charge is 2.37. The molecule has 0 aliphatic heterocycles. The monoisotopic (exact) mass is 367 g/mol. The Morgan fingerprint density at radius 1 is 1.20 bits per heavy atom. The standard InChI is InChI=1S/C8H19INO3PS/c1-7(2,9)8(3,4)15-10-14(11,12-5)13-6/h1-6H3,(H,10,11).